The van der Waals surface area contributed by atoms with Crippen LogP contribution in [0.1, 0.15) is 25.0 Å². The summed E-state index contributed by atoms with van der Waals surface area (Å²) < 4.78 is 16.5. The Morgan fingerprint density at radius 3 is 2.48 bits per heavy atom. The summed E-state index contributed by atoms with van der Waals surface area (Å²) in [6.07, 6.45) is 2.59. The molecule has 1 aromatic carbocycles. The molecular weight excluding hydrogens is 507 g/mol. The van der Waals surface area contributed by atoms with Crippen LogP contribution in [0.4, 0.5) is 0 Å². The van der Waals surface area contributed by atoms with E-state index in [9.17, 15) is 0 Å². The molecule has 1 atom stereocenters. The molecule has 0 aliphatic carbocycles. The Morgan fingerprint density at radius 2 is 1.94 bits per heavy atom. The normalized spacial score (nSPS) is 15.7. The number of methoxy groups -OCH3 is 2. The van der Waals surface area contributed by atoms with Crippen LogP contribution in [-0.2, 0) is 17.7 Å². The third-order valence-corrected chi connectivity index (χ3v) is 5.43. The van der Waals surface area contributed by atoms with Crippen LogP contribution in [-0.4, -0.2) is 71.0 Å². The molecule has 0 amide bonds. The van der Waals surface area contributed by atoms with Crippen LogP contribution in [0, 0.1) is 5.92 Å². The molecule has 0 spiro atoms. The van der Waals surface area contributed by atoms with Crippen molar-refractivity contribution in [2.24, 2.45) is 10.9 Å². The van der Waals surface area contributed by atoms with E-state index in [0.29, 0.717) is 18.5 Å². The molecule has 8 heteroatoms. The first-order valence-electron chi connectivity index (χ1n) is 10.6. The minimum Gasteiger partial charge on any atom is -0.493 e. The number of guanidine groups is 1. The van der Waals surface area contributed by atoms with E-state index in [1.54, 1.807) is 21.3 Å². The van der Waals surface area contributed by atoms with Crippen molar-refractivity contribution in [2.45, 2.75) is 32.9 Å². The molecule has 1 aliphatic rings. The highest BCUT2D eigenvalue weighted by Gasteiger charge is 2.24. The number of nitrogens with zero attached hydrogens (tertiary/aromatic N) is 2. The van der Waals surface area contributed by atoms with Crippen LogP contribution < -0.4 is 20.1 Å². The molecule has 0 radical (unpaired) electrons. The third kappa shape index (κ3) is 8.16. The number of rotatable bonds is 10. The first-order valence-corrected chi connectivity index (χ1v) is 10.6. The van der Waals surface area contributed by atoms with Gasteiger partial charge in [-0.15, -0.1) is 30.6 Å². The fourth-order valence-corrected chi connectivity index (χ4v) is 3.82. The first kappa shape index (κ1) is 27.5. The smallest absolute Gasteiger partial charge is 0.191 e. The van der Waals surface area contributed by atoms with Crippen LogP contribution in [0.2, 0.25) is 0 Å². The minimum atomic E-state index is 0. The molecule has 2 N–H and O–H groups in total. The van der Waals surface area contributed by atoms with Crippen molar-refractivity contribution in [1.82, 2.24) is 15.5 Å². The number of benzene rings is 1. The maximum Gasteiger partial charge on any atom is 0.191 e. The Hall–Kier alpha value is -1.52. The van der Waals surface area contributed by atoms with Crippen LogP contribution >= 0.6 is 24.0 Å². The van der Waals surface area contributed by atoms with E-state index in [2.05, 4.69) is 47.0 Å². The van der Waals surface area contributed by atoms with Crippen molar-refractivity contribution in [3.8, 4) is 11.5 Å². The van der Waals surface area contributed by atoms with Gasteiger partial charge in [-0.05, 0) is 30.0 Å². The van der Waals surface area contributed by atoms with Crippen molar-refractivity contribution < 1.29 is 14.2 Å². The number of nitrogens with one attached hydrogen (secondary N) is 2. The number of ether oxygens (including phenoxy) is 3. The highest BCUT2D eigenvalue weighted by Crippen LogP contribution is 2.33. The topological polar surface area (TPSA) is 67.4 Å². The molecule has 7 nitrogen and oxygen atoms in total. The second kappa shape index (κ2) is 14.5. The molecule has 1 heterocycles. The summed E-state index contributed by atoms with van der Waals surface area (Å²) in [7, 11) is 5.12. The molecule has 1 aromatic rings. The zero-order valence-electron chi connectivity index (χ0n) is 19.6. The van der Waals surface area contributed by atoms with Gasteiger partial charge in [-0.3, -0.25) is 9.89 Å². The summed E-state index contributed by atoms with van der Waals surface area (Å²) in [5, 5.41) is 6.91. The lowest BCUT2D eigenvalue weighted by molar-refractivity contribution is 0.00752. The number of halogens is 1. The minimum absolute atomic E-state index is 0. The van der Waals surface area contributed by atoms with Crippen molar-refractivity contribution in [3.63, 3.8) is 0 Å². The van der Waals surface area contributed by atoms with Gasteiger partial charge in [0.25, 0.3) is 0 Å². The molecule has 0 saturated carbocycles. The molecule has 0 bridgehead atoms. The van der Waals surface area contributed by atoms with E-state index in [1.807, 2.05) is 12.1 Å². The van der Waals surface area contributed by atoms with Gasteiger partial charge in [-0.25, -0.2) is 0 Å². The van der Waals surface area contributed by atoms with E-state index in [-0.39, 0.29) is 24.0 Å². The van der Waals surface area contributed by atoms with Crippen molar-refractivity contribution in [3.05, 3.63) is 35.9 Å². The largest absolute Gasteiger partial charge is 0.493 e. The third-order valence-electron chi connectivity index (χ3n) is 5.43. The average molecular weight is 546 g/mol. The second-order valence-electron chi connectivity index (χ2n) is 7.75. The number of morpholine rings is 1. The van der Waals surface area contributed by atoms with Gasteiger partial charge >= 0.3 is 0 Å². The molecule has 1 fully saturated rings. The van der Waals surface area contributed by atoms with Crippen LogP contribution in [0.25, 0.3) is 0 Å². The summed E-state index contributed by atoms with van der Waals surface area (Å²) in [5.41, 5.74) is 2.15. The lowest BCUT2D eigenvalue weighted by Gasteiger charge is -2.37. The van der Waals surface area contributed by atoms with Crippen molar-refractivity contribution >= 4 is 29.9 Å². The maximum absolute atomic E-state index is 5.52. The van der Waals surface area contributed by atoms with E-state index < -0.39 is 0 Å². The highest BCUT2D eigenvalue weighted by atomic mass is 127. The first-order chi connectivity index (χ1) is 14.5. The molecule has 31 heavy (non-hydrogen) atoms. The Balaban J connectivity index is 0.00000480. The monoisotopic (exact) mass is 546 g/mol. The van der Waals surface area contributed by atoms with Gasteiger partial charge in [0, 0.05) is 44.8 Å². The zero-order chi connectivity index (χ0) is 21.9. The van der Waals surface area contributed by atoms with E-state index in [4.69, 9.17) is 14.2 Å². The van der Waals surface area contributed by atoms with Gasteiger partial charge in [-0.2, -0.15) is 0 Å². The highest BCUT2D eigenvalue weighted by molar-refractivity contribution is 14.0. The number of aliphatic imine (C=N–C) groups is 1. The quantitative estimate of drug-likeness (QED) is 0.204. The molecular formula is C23H39IN4O3. The molecule has 0 aromatic heterocycles. The summed E-state index contributed by atoms with van der Waals surface area (Å²) in [5.74, 6) is 2.81. The summed E-state index contributed by atoms with van der Waals surface area (Å²) >= 11 is 0. The van der Waals surface area contributed by atoms with Gasteiger partial charge < -0.3 is 24.8 Å². The van der Waals surface area contributed by atoms with Gasteiger partial charge in [0.1, 0.15) is 0 Å². The van der Waals surface area contributed by atoms with E-state index >= 15 is 0 Å². The Labute approximate surface area is 204 Å². The SMILES string of the molecule is C=CCc1cc(CNC(=NC)NCC(C(C)C)N2CCOCC2)cc(OC)c1OC.I. The maximum atomic E-state index is 5.52. The second-order valence-corrected chi connectivity index (χ2v) is 7.75. The molecule has 1 unspecified atom stereocenters. The van der Waals surface area contributed by atoms with Crippen LogP contribution in [0.5, 0.6) is 11.5 Å². The van der Waals surface area contributed by atoms with Gasteiger partial charge in [0.05, 0.1) is 27.4 Å². The van der Waals surface area contributed by atoms with Crippen LogP contribution in [0.3, 0.4) is 0 Å². The Morgan fingerprint density at radius 1 is 1.23 bits per heavy atom. The number of hydrogen-bond donors (Lipinski definition) is 2. The summed E-state index contributed by atoms with van der Waals surface area (Å²) in [6.45, 7) is 13.4. The molecule has 1 saturated heterocycles. The van der Waals surface area contributed by atoms with Crippen LogP contribution in [0.15, 0.2) is 29.8 Å². The number of hydrogen-bond acceptors (Lipinski definition) is 5. The average Bonchev–Trinajstić information content (AvgIpc) is 2.76. The fourth-order valence-electron chi connectivity index (χ4n) is 3.82. The van der Waals surface area contributed by atoms with Crippen molar-refractivity contribution in [1.29, 1.82) is 0 Å². The standard InChI is InChI=1S/C23H38N4O3.HI/c1-7-8-19-13-18(14-21(28-5)22(19)29-6)15-25-23(24-4)26-16-20(17(2)3)27-9-11-30-12-10-27;/h7,13-14,17,20H,1,8-12,15-16H2,2-6H3,(H2,24,25,26);1H. The summed E-state index contributed by atoms with van der Waals surface area (Å²) in [4.78, 5) is 6.90. The zero-order valence-corrected chi connectivity index (χ0v) is 21.9. The lowest BCUT2D eigenvalue weighted by atomic mass is 10.0. The van der Waals surface area contributed by atoms with Gasteiger partial charge in [0.2, 0.25) is 0 Å². The fraction of sp³-hybridized carbons (Fsp3) is 0.609. The van der Waals surface area contributed by atoms with E-state index in [1.165, 1.54) is 0 Å². The Kier molecular flexibility index (Phi) is 12.9. The number of allylic oxidation sites excluding steroid dienone is 1. The Bertz CT molecular complexity index is 706. The van der Waals surface area contributed by atoms with Gasteiger partial charge in [-0.1, -0.05) is 19.9 Å². The molecule has 2 rings (SSSR count). The molecule has 1 aliphatic heterocycles. The van der Waals surface area contributed by atoms with Gasteiger partial charge in [0.15, 0.2) is 17.5 Å². The molecule has 176 valence electrons. The summed E-state index contributed by atoms with van der Waals surface area (Å²) in [6, 6.07) is 4.55. The lowest BCUT2D eigenvalue weighted by Crippen LogP contribution is -2.52. The van der Waals surface area contributed by atoms with E-state index in [0.717, 1.165) is 67.9 Å². The predicted octanol–water partition coefficient (Wildman–Crippen LogP) is 3.07. The van der Waals surface area contributed by atoms with Crippen molar-refractivity contribution in [2.75, 3.05) is 54.1 Å². The predicted molar refractivity (Wildman–Crippen MR) is 138 cm³/mol.